The summed E-state index contributed by atoms with van der Waals surface area (Å²) < 4.78 is 84.3. The lowest BCUT2D eigenvalue weighted by Crippen LogP contribution is -2.62. The van der Waals surface area contributed by atoms with Crippen molar-refractivity contribution in [3.63, 3.8) is 0 Å². The van der Waals surface area contributed by atoms with Crippen molar-refractivity contribution in [2.45, 2.75) is 57.1 Å². The van der Waals surface area contributed by atoms with Crippen LogP contribution < -0.4 is 18.9 Å². The average molecular weight is 739 g/mol. The molecule has 1 unspecified atom stereocenters. The maximum Gasteiger partial charge on any atom is 0.266 e. The molecule has 0 aromatic heterocycles. The second kappa shape index (κ2) is 19.0. The lowest BCUT2D eigenvalue weighted by Gasteiger charge is -2.45. The molecule has 4 aromatic carbocycles. The van der Waals surface area contributed by atoms with Gasteiger partial charge in [-0.25, -0.2) is 4.18 Å². The van der Waals surface area contributed by atoms with Gasteiger partial charge in [-0.15, -0.1) is 0 Å². The molecule has 12 nitrogen and oxygen atoms in total. The molecule has 0 N–H and O–H groups in total. The molecule has 0 aliphatic carbocycles. The van der Waals surface area contributed by atoms with Crippen LogP contribution in [0.1, 0.15) is 22.3 Å². The van der Waals surface area contributed by atoms with E-state index < -0.39 is 40.8 Å². The average Bonchev–Trinajstić information content (AvgIpc) is 3.16. The normalized spacial score (nSPS) is 20.3. The largest absolute Gasteiger partial charge is 0.497 e. The maximum atomic E-state index is 12.6. The molecule has 52 heavy (non-hydrogen) atoms. The van der Waals surface area contributed by atoms with Gasteiger partial charge in [0.2, 0.25) is 6.29 Å². The van der Waals surface area contributed by atoms with Crippen LogP contribution in [0.5, 0.6) is 23.0 Å². The van der Waals surface area contributed by atoms with Gasteiger partial charge in [0.05, 0.1) is 67.7 Å². The summed E-state index contributed by atoms with van der Waals surface area (Å²) in [5.74, 6) is 2.83. The van der Waals surface area contributed by atoms with Crippen LogP contribution in [0.25, 0.3) is 0 Å². The zero-order chi connectivity index (χ0) is 36.9. The van der Waals surface area contributed by atoms with Gasteiger partial charge in [-0.3, -0.25) is 0 Å². The van der Waals surface area contributed by atoms with Gasteiger partial charge in [0.25, 0.3) is 10.1 Å². The molecule has 1 heterocycles. The summed E-state index contributed by atoms with van der Waals surface area (Å²) in [4.78, 5) is 0. The summed E-state index contributed by atoms with van der Waals surface area (Å²) in [5.41, 5.74) is 3.44. The predicted octanol–water partition coefficient (Wildman–Crippen LogP) is 5.69. The summed E-state index contributed by atoms with van der Waals surface area (Å²) >= 11 is 0. The van der Waals surface area contributed by atoms with E-state index in [-0.39, 0.29) is 33.0 Å². The van der Waals surface area contributed by atoms with E-state index in [1.165, 1.54) is 0 Å². The zero-order valence-electron chi connectivity index (χ0n) is 30.0. The van der Waals surface area contributed by atoms with E-state index in [1.807, 2.05) is 97.1 Å². The van der Waals surface area contributed by atoms with Crippen molar-refractivity contribution in [2.24, 2.45) is 0 Å². The Bertz CT molecular complexity index is 1750. The minimum Gasteiger partial charge on any atom is -0.497 e. The molecule has 0 amide bonds. The summed E-state index contributed by atoms with van der Waals surface area (Å²) in [6, 6.07) is 29.8. The van der Waals surface area contributed by atoms with Crippen molar-refractivity contribution >= 4 is 10.1 Å². The van der Waals surface area contributed by atoms with Gasteiger partial charge < -0.3 is 42.6 Å². The molecule has 0 radical (unpaired) electrons. The van der Waals surface area contributed by atoms with Crippen LogP contribution in [-0.2, 0) is 64.4 Å². The monoisotopic (exact) mass is 738 g/mol. The summed E-state index contributed by atoms with van der Waals surface area (Å²) in [7, 11) is 2.38. The minimum atomic E-state index is -4.02. The lowest BCUT2D eigenvalue weighted by molar-refractivity contribution is -0.309. The van der Waals surface area contributed by atoms with Crippen molar-refractivity contribution < 1.29 is 55.2 Å². The van der Waals surface area contributed by atoms with Crippen LogP contribution in [0.2, 0.25) is 0 Å². The van der Waals surface area contributed by atoms with E-state index in [0.717, 1.165) is 34.3 Å². The van der Waals surface area contributed by atoms with Gasteiger partial charge in [0, 0.05) is 0 Å². The van der Waals surface area contributed by atoms with Gasteiger partial charge >= 0.3 is 0 Å². The standard InChI is InChI=1S/C39H46O12S/c1-42-31-14-6-27(7-15-31)22-46-26-35-36(47-23-28-8-16-32(43-2)17-9-28)37(48-24-29-10-18-33(44-3)19-11-29)38(39(50-35)51-52(5,40)41)49-25-30-12-20-34(45-4)21-13-30/h6-21,35-39H,22-26H2,1-5H3/t35-,36+,37+,38-,39?/m1/s1. The van der Waals surface area contributed by atoms with E-state index in [9.17, 15) is 8.42 Å². The van der Waals surface area contributed by atoms with E-state index in [2.05, 4.69) is 0 Å². The molecule has 13 heteroatoms. The van der Waals surface area contributed by atoms with Crippen LogP contribution in [0, 0.1) is 0 Å². The molecular weight excluding hydrogens is 692 g/mol. The third kappa shape index (κ3) is 11.4. The quantitative estimate of drug-likeness (QED) is 0.110. The van der Waals surface area contributed by atoms with Crippen LogP contribution in [0.4, 0.5) is 0 Å². The first-order valence-corrected chi connectivity index (χ1v) is 18.5. The number of methoxy groups -OCH3 is 4. The number of hydrogen-bond donors (Lipinski definition) is 0. The molecule has 4 aromatic rings. The molecule has 5 atom stereocenters. The van der Waals surface area contributed by atoms with Gasteiger partial charge in [0.1, 0.15) is 47.4 Å². The fraction of sp³-hybridized carbons (Fsp3) is 0.385. The first-order chi connectivity index (χ1) is 25.2. The molecule has 1 fully saturated rings. The first-order valence-electron chi connectivity index (χ1n) is 16.7. The zero-order valence-corrected chi connectivity index (χ0v) is 30.8. The summed E-state index contributed by atoms with van der Waals surface area (Å²) in [6.07, 6.45) is -3.97. The molecule has 0 spiro atoms. The van der Waals surface area contributed by atoms with Crippen LogP contribution in [0.3, 0.4) is 0 Å². The van der Waals surface area contributed by atoms with Crippen LogP contribution >= 0.6 is 0 Å². The molecular formula is C39H46O12S. The Kier molecular flexibility index (Phi) is 14.3. The number of ether oxygens (including phenoxy) is 9. The molecule has 5 rings (SSSR count). The Labute approximate surface area is 305 Å². The Morgan fingerprint density at radius 1 is 0.500 bits per heavy atom. The second-order valence-corrected chi connectivity index (χ2v) is 13.7. The highest BCUT2D eigenvalue weighted by Crippen LogP contribution is 2.33. The van der Waals surface area contributed by atoms with E-state index >= 15 is 0 Å². The third-order valence-corrected chi connectivity index (χ3v) is 8.91. The van der Waals surface area contributed by atoms with Gasteiger partial charge in [-0.2, -0.15) is 8.42 Å². The topological polar surface area (TPSA) is 126 Å². The number of rotatable bonds is 19. The van der Waals surface area contributed by atoms with Crippen LogP contribution in [0.15, 0.2) is 97.1 Å². The van der Waals surface area contributed by atoms with Crippen molar-refractivity contribution in [3.05, 3.63) is 119 Å². The highest BCUT2D eigenvalue weighted by Gasteiger charge is 2.50. The molecule has 0 saturated carbocycles. The van der Waals surface area contributed by atoms with Gasteiger partial charge in [0.15, 0.2) is 0 Å². The number of benzene rings is 4. The fourth-order valence-electron chi connectivity index (χ4n) is 5.59. The fourth-order valence-corrected chi connectivity index (χ4v) is 6.09. The first kappa shape index (κ1) is 39.0. The van der Waals surface area contributed by atoms with E-state index in [4.69, 9.17) is 46.8 Å². The lowest BCUT2D eigenvalue weighted by atomic mass is 9.98. The smallest absolute Gasteiger partial charge is 0.266 e. The number of hydrogen-bond acceptors (Lipinski definition) is 12. The van der Waals surface area contributed by atoms with E-state index in [1.54, 1.807) is 28.4 Å². The van der Waals surface area contributed by atoms with Crippen molar-refractivity contribution in [2.75, 3.05) is 41.3 Å². The third-order valence-electron chi connectivity index (χ3n) is 8.38. The SMILES string of the molecule is COc1ccc(COC[C@H]2OC(OS(C)(=O)=O)[C@H](OCc3ccc(OC)cc3)[C@@H](OCc3ccc(OC)cc3)[C@H]2OCc2ccc(OC)cc2)cc1. The van der Waals surface area contributed by atoms with Crippen molar-refractivity contribution in [1.29, 1.82) is 0 Å². The van der Waals surface area contributed by atoms with Crippen molar-refractivity contribution in [1.82, 2.24) is 0 Å². The van der Waals surface area contributed by atoms with Gasteiger partial charge in [-0.1, -0.05) is 48.5 Å². The minimum absolute atomic E-state index is 0.0243. The van der Waals surface area contributed by atoms with E-state index in [0.29, 0.717) is 17.2 Å². The van der Waals surface area contributed by atoms with Gasteiger partial charge in [-0.05, 0) is 70.8 Å². The summed E-state index contributed by atoms with van der Waals surface area (Å²) in [6.45, 7) is 0.689. The highest BCUT2D eigenvalue weighted by atomic mass is 32.2. The predicted molar refractivity (Wildman–Crippen MR) is 192 cm³/mol. The molecule has 280 valence electrons. The Morgan fingerprint density at radius 3 is 1.21 bits per heavy atom. The van der Waals surface area contributed by atoms with Crippen LogP contribution in [-0.4, -0.2) is 80.4 Å². The maximum absolute atomic E-state index is 12.6. The van der Waals surface area contributed by atoms with Crippen molar-refractivity contribution in [3.8, 4) is 23.0 Å². The highest BCUT2D eigenvalue weighted by molar-refractivity contribution is 7.86. The second-order valence-electron chi connectivity index (χ2n) is 12.1. The molecule has 1 aliphatic heterocycles. The Balaban J connectivity index is 1.46. The molecule has 1 aliphatic rings. The summed E-state index contributed by atoms with van der Waals surface area (Å²) in [5, 5.41) is 0. The Hall–Kier alpha value is -4.21. The molecule has 0 bridgehead atoms. The Morgan fingerprint density at radius 2 is 0.846 bits per heavy atom. The molecule has 1 saturated heterocycles.